The molecule has 0 radical (unpaired) electrons. The topological polar surface area (TPSA) is 63.6 Å². The Kier molecular flexibility index (Phi) is 7.80. The van der Waals surface area contributed by atoms with Crippen LogP contribution in [0, 0.1) is 0 Å². The van der Waals surface area contributed by atoms with Crippen molar-refractivity contribution in [1.29, 1.82) is 0 Å². The van der Waals surface area contributed by atoms with Crippen LogP contribution in [-0.4, -0.2) is 23.1 Å². The number of carboxylic acids is 1. The minimum absolute atomic E-state index is 0.00986. The molecule has 1 saturated carbocycles. The van der Waals surface area contributed by atoms with Gasteiger partial charge in [-0.15, -0.1) is 0 Å². The molecule has 1 aliphatic rings. The van der Waals surface area contributed by atoms with E-state index in [0.29, 0.717) is 0 Å². The summed E-state index contributed by atoms with van der Waals surface area (Å²) in [6.45, 7) is 0. The van der Waals surface area contributed by atoms with Crippen LogP contribution in [0.25, 0.3) is 0 Å². The Bertz CT molecular complexity index is 526. The highest BCUT2D eigenvalue weighted by molar-refractivity contribution is 6.02. The van der Waals surface area contributed by atoms with E-state index < -0.39 is 11.9 Å². The summed E-state index contributed by atoms with van der Waals surface area (Å²) in [5, 5.41) is 9.22. The Morgan fingerprint density at radius 1 is 0.792 bits per heavy atom. The number of hydrogen-bond acceptors (Lipinski definition) is 3. The smallest absolute Gasteiger partial charge is 0.339 e. The number of benzene rings is 1. The Balaban J connectivity index is 1.97. The second-order valence-electron chi connectivity index (χ2n) is 6.64. The first-order chi connectivity index (χ1) is 11.7. The maximum Gasteiger partial charge on any atom is 0.339 e. The monoisotopic (exact) mass is 332 g/mol. The van der Waals surface area contributed by atoms with Crippen molar-refractivity contribution in [1.82, 2.24) is 0 Å². The number of rotatable bonds is 3. The predicted octanol–water partition coefficient (Wildman–Crippen LogP) is 5.21. The van der Waals surface area contributed by atoms with E-state index in [0.717, 1.165) is 25.7 Å². The second kappa shape index (κ2) is 10.1. The molecular weight excluding hydrogens is 304 g/mol. The largest absolute Gasteiger partial charge is 0.478 e. The number of hydrogen-bond donors (Lipinski definition) is 1. The third-order valence-electron chi connectivity index (χ3n) is 4.70. The zero-order valence-corrected chi connectivity index (χ0v) is 14.3. The van der Waals surface area contributed by atoms with Gasteiger partial charge in [0, 0.05) is 0 Å². The van der Waals surface area contributed by atoms with Gasteiger partial charge in [0.25, 0.3) is 0 Å². The van der Waals surface area contributed by atoms with Crippen LogP contribution in [-0.2, 0) is 4.74 Å². The number of aromatic carboxylic acids is 1. The third kappa shape index (κ3) is 5.99. The van der Waals surface area contributed by atoms with Crippen molar-refractivity contribution in [2.75, 3.05) is 0 Å². The van der Waals surface area contributed by atoms with Crippen molar-refractivity contribution >= 4 is 11.9 Å². The average molecular weight is 332 g/mol. The van der Waals surface area contributed by atoms with Crippen molar-refractivity contribution in [3.63, 3.8) is 0 Å². The summed E-state index contributed by atoms with van der Waals surface area (Å²) in [6.07, 6.45) is 12.6. The van der Waals surface area contributed by atoms with Crippen LogP contribution in [0.2, 0.25) is 0 Å². The third-order valence-corrected chi connectivity index (χ3v) is 4.70. The molecule has 0 unspecified atom stereocenters. The van der Waals surface area contributed by atoms with Gasteiger partial charge in [-0.1, -0.05) is 57.1 Å². The second-order valence-corrected chi connectivity index (χ2v) is 6.64. The fourth-order valence-electron chi connectivity index (χ4n) is 3.31. The molecule has 0 amide bonds. The van der Waals surface area contributed by atoms with E-state index >= 15 is 0 Å². The van der Waals surface area contributed by atoms with Gasteiger partial charge in [0.15, 0.2) is 0 Å². The first-order valence-electron chi connectivity index (χ1n) is 9.22. The van der Waals surface area contributed by atoms with Gasteiger partial charge in [0.2, 0.25) is 0 Å². The molecule has 132 valence electrons. The first-order valence-corrected chi connectivity index (χ1v) is 9.22. The Morgan fingerprint density at radius 3 is 1.75 bits per heavy atom. The van der Waals surface area contributed by atoms with Crippen molar-refractivity contribution in [3.05, 3.63) is 35.4 Å². The molecule has 1 fully saturated rings. The number of ether oxygens (including phenoxy) is 1. The zero-order valence-electron chi connectivity index (χ0n) is 14.3. The molecule has 24 heavy (non-hydrogen) atoms. The summed E-state index contributed by atoms with van der Waals surface area (Å²) in [5.74, 6) is -1.61. The summed E-state index contributed by atoms with van der Waals surface area (Å²) in [4.78, 5) is 23.7. The van der Waals surface area contributed by atoms with Gasteiger partial charge in [0.1, 0.15) is 6.10 Å². The van der Waals surface area contributed by atoms with Gasteiger partial charge in [-0.2, -0.15) is 0 Å². The minimum atomic E-state index is -1.10. The maximum absolute atomic E-state index is 12.4. The number of esters is 1. The lowest BCUT2D eigenvalue weighted by Gasteiger charge is -2.19. The summed E-state index contributed by atoms with van der Waals surface area (Å²) in [5.41, 5.74) is 0.159. The Labute approximate surface area is 144 Å². The minimum Gasteiger partial charge on any atom is -0.478 e. The highest BCUT2D eigenvalue weighted by atomic mass is 16.5. The molecule has 0 atom stereocenters. The number of carbonyl (C=O) groups excluding carboxylic acids is 1. The van der Waals surface area contributed by atoms with Gasteiger partial charge in [-0.3, -0.25) is 0 Å². The molecule has 0 aliphatic heterocycles. The van der Waals surface area contributed by atoms with Gasteiger partial charge in [-0.25, -0.2) is 9.59 Å². The SMILES string of the molecule is O=C(O)c1ccccc1C(=O)OC1CCCCCCCCCCC1. The number of carbonyl (C=O) groups is 2. The average Bonchev–Trinajstić information content (AvgIpc) is 2.57. The molecule has 0 aromatic heterocycles. The molecule has 0 saturated heterocycles. The molecular formula is C20H28O4. The molecule has 4 nitrogen and oxygen atoms in total. The summed E-state index contributed by atoms with van der Waals surface area (Å²) in [6, 6.07) is 6.27. The molecule has 0 bridgehead atoms. The standard InChI is InChI=1S/C20H28O4/c21-19(22)17-14-10-11-15-18(17)20(23)24-16-12-8-6-4-2-1-3-5-7-9-13-16/h10-11,14-16H,1-9,12-13H2,(H,21,22). The number of carboxylic acid groups (broad SMARTS) is 1. The van der Waals surface area contributed by atoms with E-state index in [1.807, 2.05) is 0 Å². The van der Waals surface area contributed by atoms with Crippen LogP contribution >= 0.6 is 0 Å². The van der Waals surface area contributed by atoms with Gasteiger partial charge in [0.05, 0.1) is 11.1 Å². The summed E-state index contributed by atoms with van der Waals surface area (Å²) >= 11 is 0. The van der Waals surface area contributed by atoms with E-state index in [1.165, 1.54) is 57.1 Å². The van der Waals surface area contributed by atoms with Crippen LogP contribution in [0.3, 0.4) is 0 Å². The molecule has 2 rings (SSSR count). The molecule has 0 spiro atoms. The molecule has 4 heteroatoms. The lowest BCUT2D eigenvalue weighted by molar-refractivity contribution is 0.0243. The van der Waals surface area contributed by atoms with Gasteiger partial charge < -0.3 is 9.84 Å². The van der Waals surface area contributed by atoms with Crippen LogP contribution in [0.1, 0.15) is 91.3 Å². The Hall–Kier alpha value is -1.84. The van der Waals surface area contributed by atoms with Crippen LogP contribution in [0.4, 0.5) is 0 Å². The quantitative estimate of drug-likeness (QED) is 0.771. The van der Waals surface area contributed by atoms with E-state index in [-0.39, 0.29) is 17.2 Å². The van der Waals surface area contributed by atoms with Crippen molar-refractivity contribution < 1.29 is 19.4 Å². The predicted molar refractivity (Wildman–Crippen MR) is 93.4 cm³/mol. The van der Waals surface area contributed by atoms with Crippen molar-refractivity contribution in [2.45, 2.75) is 76.7 Å². The van der Waals surface area contributed by atoms with Crippen LogP contribution < -0.4 is 0 Å². The van der Waals surface area contributed by atoms with Crippen LogP contribution in [0.5, 0.6) is 0 Å². The van der Waals surface area contributed by atoms with Crippen LogP contribution in [0.15, 0.2) is 24.3 Å². The van der Waals surface area contributed by atoms with E-state index in [4.69, 9.17) is 4.74 Å². The lowest BCUT2D eigenvalue weighted by Crippen LogP contribution is -2.20. The van der Waals surface area contributed by atoms with E-state index in [1.54, 1.807) is 12.1 Å². The fourth-order valence-corrected chi connectivity index (χ4v) is 3.31. The zero-order chi connectivity index (χ0) is 17.2. The van der Waals surface area contributed by atoms with Gasteiger partial charge >= 0.3 is 11.9 Å². The molecule has 1 aromatic rings. The van der Waals surface area contributed by atoms with E-state index in [2.05, 4.69) is 0 Å². The summed E-state index contributed by atoms with van der Waals surface area (Å²) in [7, 11) is 0. The van der Waals surface area contributed by atoms with E-state index in [9.17, 15) is 14.7 Å². The highest BCUT2D eigenvalue weighted by Crippen LogP contribution is 2.20. The molecule has 1 N–H and O–H groups in total. The van der Waals surface area contributed by atoms with Gasteiger partial charge in [-0.05, 0) is 37.8 Å². The van der Waals surface area contributed by atoms with Crippen molar-refractivity contribution in [2.24, 2.45) is 0 Å². The van der Waals surface area contributed by atoms with Crippen molar-refractivity contribution in [3.8, 4) is 0 Å². The molecule has 1 aromatic carbocycles. The first kappa shape index (κ1) is 18.5. The molecule has 0 heterocycles. The maximum atomic E-state index is 12.4. The molecule has 1 aliphatic carbocycles. The fraction of sp³-hybridized carbons (Fsp3) is 0.600. The normalized spacial score (nSPS) is 18.2. The summed E-state index contributed by atoms with van der Waals surface area (Å²) < 4.78 is 5.67. The lowest BCUT2D eigenvalue weighted by atomic mass is 9.99. The highest BCUT2D eigenvalue weighted by Gasteiger charge is 2.20. The Morgan fingerprint density at radius 2 is 1.25 bits per heavy atom.